The molecule has 1 heterocycles. The Labute approximate surface area is 210 Å². The molecule has 0 saturated carbocycles. The number of Topliss-reactive ketones (excluding diaryl/α,β-unsaturated/α-hetero) is 1. The minimum absolute atomic E-state index is 0.148. The number of carbonyl (C=O) groups is 1. The monoisotopic (exact) mass is 483 g/mol. The van der Waals surface area contributed by atoms with E-state index in [-0.39, 0.29) is 22.5 Å². The Morgan fingerprint density at radius 1 is 0.857 bits per heavy atom. The van der Waals surface area contributed by atoms with Gasteiger partial charge in [0.15, 0.2) is 5.78 Å². The molecule has 0 aliphatic heterocycles. The molecular formula is C31H27ClFNO. The Kier molecular flexibility index (Phi) is 6.44. The van der Waals surface area contributed by atoms with Gasteiger partial charge in [0.25, 0.3) is 0 Å². The van der Waals surface area contributed by atoms with Crippen molar-refractivity contribution in [2.75, 3.05) is 0 Å². The van der Waals surface area contributed by atoms with Gasteiger partial charge in [-0.2, -0.15) is 0 Å². The normalized spacial score (nSPS) is 16.0. The number of aromatic amines is 1. The van der Waals surface area contributed by atoms with E-state index >= 15 is 0 Å². The van der Waals surface area contributed by atoms with E-state index in [4.69, 9.17) is 11.6 Å². The first-order chi connectivity index (χ1) is 17.0. The highest BCUT2D eigenvalue weighted by atomic mass is 35.5. The predicted octanol–water partition coefficient (Wildman–Crippen LogP) is 8.27. The van der Waals surface area contributed by atoms with Gasteiger partial charge in [-0.05, 0) is 69.8 Å². The van der Waals surface area contributed by atoms with Crippen molar-refractivity contribution in [3.05, 3.63) is 118 Å². The molecule has 0 bridgehead atoms. The molecule has 0 saturated heterocycles. The van der Waals surface area contributed by atoms with Crippen molar-refractivity contribution >= 4 is 29.0 Å². The average molecular weight is 484 g/mol. The highest BCUT2D eigenvalue weighted by Crippen LogP contribution is 2.45. The topological polar surface area (TPSA) is 32.9 Å². The Balaban J connectivity index is 0.000000453. The molecule has 35 heavy (non-hydrogen) atoms. The first kappa shape index (κ1) is 23.3. The molecule has 2 nitrogen and oxygen atoms in total. The van der Waals surface area contributed by atoms with Crippen LogP contribution in [0.2, 0.25) is 5.02 Å². The van der Waals surface area contributed by atoms with E-state index in [1.54, 1.807) is 12.1 Å². The molecule has 0 spiro atoms. The number of nitrogens with one attached hydrogen (secondary N) is 1. The molecule has 4 heteroatoms. The summed E-state index contributed by atoms with van der Waals surface area (Å²) in [6.45, 7) is 4.34. The summed E-state index contributed by atoms with van der Waals surface area (Å²) in [7, 11) is 0. The van der Waals surface area contributed by atoms with Crippen LogP contribution in [0, 0.1) is 17.7 Å². The van der Waals surface area contributed by atoms with Gasteiger partial charge in [0, 0.05) is 29.9 Å². The third kappa shape index (κ3) is 4.37. The molecule has 1 N–H and O–H groups in total. The van der Waals surface area contributed by atoms with Crippen molar-refractivity contribution in [3.63, 3.8) is 0 Å². The lowest BCUT2D eigenvalue weighted by Crippen LogP contribution is -2.22. The standard InChI is InChI=1S/C27H22ClFO.C4H5N/c1-15(2)21-13-22-16(12-23(21)20-8-5-9-25(28)27(20)29)10-11-18-17-6-3-4-7-19(17)26(30)14-24(18)22;1-2-4-5-3-1/h3-12,15,21H,13-14H2,1-2H3;1-5H. The highest BCUT2D eigenvalue weighted by Gasteiger charge is 2.32. The Bertz CT molecular complexity index is 1400. The number of carbonyl (C=O) groups excluding carboxylic acids is 1. The lowest BCUT2D eigenvalue weighted by Gasteiger charge is -2.33. The van der Waals surface area contributed by atoms with Gasteiger partial charge in [0.1, 0.15) is 5.82 Å². The summed E-state index contributed by atoms with van der Waals surface area (Å²) in [6, 6.07) is 21.2. The van der Waals surface area contributed by atoms with Gasteiger partial charge >= 0.3 is 0 Å². The lowest BCUT2D eigenvalue weighted by molar-refractivity contribution is 0.0991. The largest absolute Gasteiger partial charge is 0.368 e. The van der Waals surface area contributed by atoms with Crippen molar-refractivity contribution in [2.24, 2.45) is 11.8 Å². The van der Waals surface area contributed by atoms with Crippen molar-refractivity contribution in [2.45, 2.75) is 26.7 Å². The third-order valence-electron chi connectivity index (χ3n) is 7.02. The molecule has 2 aliphatic carbocycles. The number of fused-ring (bicyclic) bond motifs is 5. The summed E-state index contributed by atoms with van der Waals surface area (Å²) in [5.74, 6) is 0.291. The number of hydrogen-bond donors (Lipinski definition) is 1. The van der Waals surface area contributed by atoms with E-state index in [2.05, 4.69) is 37.0 Å². The number of rotatable bonds is 2. The smallest absolute Gasteiger partial charge is 0.167 e. The Morgan fingerprint density at radius 2 is 1.57 bits per heavy atom. The summed E-state index contributed by atoms with van der Waals surface area (Å²) >= 11 is 6.08. The van der Waals surface area contributed by atoms with Crippen LogP contribution in [-0.2, 0) is 12.8 Å². The van der Waals surface area contributed by atoms with Crippen LogP contribution in [0.25, 0.3) is 22.8 Å². The second kappa shape index (κ2) is 9.67. The van der Waals surface area contributed by atoms with E-state index < -0.39 is 0 Å². The summed E-state index contributed by atoms with van der Waals surface area (Å²) in [5, 5.41) is 0.148. The molecule has 1 atom stereocenters. The maximum Gasteiger partial charge on any atom is 0.167 e. The van der Waals surface area contributed by atoms with Crippen LogP contribution < -0.4 is 0 Å². The molecule has 1 unspecified atom stereocenters. The molecule has 0 fully saturated rings. The van der Waals surface area contributed by atoms with Crippen molar-refractivity contribution in [1.29, 1.82) is 0 Å². The van der Waals surface area contributed by atoms with Gasteiger partial charge in [0.2, 0.25) is 0 Å². The first-order valence-corrected chi connectivity index (χ1v) is 12.3. The van der Waals surface area contributed by atoms with Gasteiger partial charge in [-0.1, -0.05) is 80.1 Å². The fourth-order valence-corrected chi connectivity index (χ4v) is 5.41. The van der Waals surface area contributed by atoms with E-state index in [0.717, 1.165) is 39.8 Å². The quantitative estimate of drug-likeness (QED) is 0.305. The van der Waals surface area contributed by atoms with Crippen molar-refractivity contribution in [3.8, 4) is 11.1 Å². The maximum absolute atomic E-state index is 14.9. The van der Waals surface area contributed by atoms with E-state index in [9.17, 15) is 9.18 Å². The zero-order valence-corrected chi connectivity index (χ0v) is 20.6. The van der Waals surface area contributed by atoms with Crippen LogP contribution >= 0.6 is 11.6 Å². The number of H-pyrrole nitrogens is 1. The van der Waals surface area contributed by atoms with Crippen LogP contribution in [0.5, 0.6) is 0 Å². The van der Waals surface area contributed by atoms with Gasteiger partial charge in [0.05, 0.1) is 5.02 Å². The van der Waals surface area contributed by atoms with Gasteiger partial charge in [-0.25, -0.2) is 4.39 Å². The van der Waals surface area contributed by atoms with Crippen LogP contribution in [-0.4, -0.2) is 10.8 Å². The molecular weight excluding hydrogens is 457 g/mol. The SMILES string of the molecule is CC(C)C1Cc2c(ccc3c2CC(=O)c2ccccc2-3)C=C1c1cccc(Cl)c1F.c1cc[nH]c1. The lowest BCUT2D eigenvalue weighted by atomic mass is 9.71. The minimum atomic E-state index is -0.360. The zero-order valence-electron chi connectivity index (χ0n) is 19.8. The van der Waals surface area contributed by atoms with Crippen molar-refractivity contribution < 1.29 is 9.18 Å². The van der Waals surface area contributed by atoms with Crippen LogP contribution in [0.15, 0.2) is 79.1 Å². The number of benzene rings is 3. The molecule has 6 rings (SSSR count). The summed E-state index contributed by atoms with van der Waals surface area (Å²) in [4.78, 5) is 15.7. The van der Waals surface area contributed by atoms with Crippen LogP contribution in [0.4, 0.5) is 4.39 Å². The highest BCUT2D eigenvalue weighted by molar-refractivity contribution is 6.31. The van der Waals surface area contributed by atoms with Crippen molar-refractivity contribution in [1.82, 2.24) is 4.98 Å². The molecule has 2 aliphatic rings. The number of allylic oxidation sites excluding steroid dienone is 1. The second-order valence-corrected chi connectivity index (χ2v) is 9.85. The number of aromatic nitrogens is 1. The van der Waals surface area contributed by atoms with E-state index in [1.165, 1.54) is 5.56 Å². The van der Waals surface area contributed by atoms with E-state index in [0.29, 0.717) is 17.9 Å². The molecule has 4 aromatic rings. The van der Waals surface area contributed by atoms with E-state index in [1.807, 2.05) is 54.9 Å². The maximum atomic E-state index is 14.9. The van der Waals surface area contributed by atoms with Gasteiger partial charge < -0.3 is 4.98 Å². The molecule has 1 aromatic heterocycles. The molecule has 176 valence electrons. The van der Waals surface area contributed by atoms with Crippen LogP contribution in [0.1, 0.15) is 46.5 Å². The number of hydrogen-bond acceptors (Lipinski definition) is 1. The Morgan fingerprint density at radius 3 is 2.26 bits per heavy atom. The second-order valence-electron chi connectivity index (χ2n) is 9.45. The van der Waals surface area contributed by atoms with Crippen LogP contribution in [0.3, 0.4) is 0 Å². The van der Waals surface area contributed by atoms with Gasteiger partial charge in [-0.3, -0.25) is 4.79 Å². The minimum Gasteiger partial charge on any atom is -0.368 e. The molecule has 0 radical (unpaired) electrons. The fraction of sp³-hybridized carbons (Fsp3) is 0.194. The van der Waals surface area contributed by atoms with Gasteiger partial charge in [-0.15, -0.1) is 0 Å². The summed E-state index contributed by atoms with van der Waals surface area (Å²) in [6.07, 6.45) is 7.07. The molecule has 0 amide bonds. The molecule has 3 aromatic carbocycles. The average Bonchev–Trinajstić information content (AvgIpc) is 3.45. The first-order valence-electron chi connectivity index (χ1n) is 12.0. The summed E-state index contributed by atoms with van der Waals surface area (Å²) in [5.41, 5.74) is 7.96. The summed E-state index contributed by atoms with van der Waals surface area (Å²) < 4.78 is 14.9. The zero-order chi connectivity index (χ0) is 24.5. The third-order valence-corrected chi connectivity index (χ3v) is 7.31. The fourth-order valence-electron chi connectivity index (χ4n) is 5.24. The predicted molar refractivity (Wildman–Crippen MR) is 142 cm³/mol. The number of ketones is 1. The number of halogens is 2. The Hall–Kier alpha value is -3.43.